The zero-order valence-corrected chi connectivity index (χ0v) is 35.0. The van der Waals surface area contributed by atoms with Gasteiger partial charge in [-0.15, -0.1) is 0 Å². The predicted molar refractivity (Wildman–Crippen MR) is 259 cm³/mol. The van der Waals surface area contributed by atoms with E-state index in [0.29, 0.717) is 0 Å². The third-order valence-corrected chi connectivity index (χ3v) is 13.7. The molecule has 0 saturated heterocycles. The van der Waals surface area contributed by atoms with Gasteiger partial charge >= 0.3 is 0 Å². The van der Waals surface area contributed by atoms with Crippen LogP contribution in [0.5, 0.6) is 0 Å². The summed E-state index contributed by atoms with van der Waals surface area (Å²) in [7, 11) is 0. The lowest BCUT2D eigenvalue weighted by Crippen LogP contribution is -2.26. The molecule has 0 fully saturated rings. The van der Waals surface area contributed by atoms with Crippen LogP contribution in [0, 0.1) is 6.92 Å². The molecule has 290 valence electrons. The molecule has 2 aliphatic rings. The van der Waals surface area contributed by atoms with Gasteiger partial charge in [0.15, 0.2) is 0 Å². The van der Waals surface area contributed by atoms with Crippen LogP contribution in [0.2, 0.25) is 0 Å². The molecule has 0 radical (unpaired) electrons. The van der Waals surface area contributed by atoms with E-state index in [9.17, 15) is 0 Å². The highest BCUT2D eigenvalue weighted by molar-refractivity contribution is 6.26. The standard InChI is InChI=1S/C60H45N/c1-38-36-40(39-28-31-41(32-29-39)59(2,3)4)30-35-56(38)61(42-33-34-47-45-18-6-5-16-43(45)44-17-7-8-19-46(44)51(47)37-42)57-27-15-26-55-58(57)50-22-11-14-25-54(50)60(55)52-23-12-9-20-48(52)49-21-10-13-24-53(49)60/h5-37H,1-4H3. The third-order valence-electron chi connectivity index (χ3n) is 13.7. The Morgan fingerprint density at radius 3 is 1.46 bits per heavy atom. The second-order valence-corrected chi connectivity index (χ2v) is 18.1. The van der Waals surface area contributed by atoms with Crippen LogP contribution in [0.15, 0.2) is 200 Å². The zero-order valence-electron chi connectivity index (χ0n) is 35.0. The number of aryl methyl sites for hydroxylation is 1. The first kappa shape index (κ1) is 35.7. The van der Waals surface area contributed by atoms with Crippen LogP contribution in [0.25, 0.3) is 65.7 Å². The molecule has 1 spiro atoms. The van der Waals surface area contributed by atoms with Crippen LogP contribution >= 0.6 is 0 Å². The quantitative estimate of drug-likeness (QED) is 0.161. The summed E-state index contributed by atoms with van der Waals surface area (Å²) in [6.45, 7) is 9.11. The Morgan fingerprint density at radius 2 is 0.869 bits per heavy atom. The summed E-state index contributed by atoms with van der Waals surface area (Å²) in [5.74, 6) is 0. The van der Waals surface area contributed by atoms with E-state index in [4.69, 9.17) is 0 Å². The first-order valence-corrected chi connectivity index (χ1v) is 21.6. The molecule has 0 aromatic heterocycles. The lowest BCUT2D eigenvalue weighted by Gasteiger charge is -2.32. The maximum Gasteiger partial charge on any atom is 0.0726 e. The third kappa shape index (κ3) is 5.07. The molecule has 0 atom stereocenters. The molecule has 0 heterocycles. The largest absolute Gasteiger partial charge is 0.310 e. The number of nitrogens with zero attached hydrogens (tertiary/aromatic N) is 1. The molecule has 2 aliphatic carbocycles. The van der Waals surface area contributed by atoms with Gasteiger partial charge in [-0.05, 0) is 136 Å². The van der Waals surface area contributed by atoms with Gasteiger partial charge in [0.25, 0.3) is 0 Å². The van der Waals surface area contributed by atoms with Crippen molar-refractivity contribution in [3.63, 3.8) is 0 Å². The van der Waals surface area contributed by atoms with Gasteiger partial charge < -0.3 is 4.90 Å². The first-order chi connectivity index (χ1) is 29.8. The van der Waals surface area contributed by atoms with E-state index in [1.54, 1.807) is 0 Å². The van der Waals surface area contributed by atoms with E-state index >= 15 is 0 Å². The molecule has 10 aromatic rings. The number of anilines is 3. The normalized spacial score (nSPS) is 13.4. The van der Waals surface area contributed by atoms with Crippen LogP contribution in [0.3, 0.4) is 0 Å². The smallest absolute Gasteiger partial charge is 0.0726 e. The van der Waals surface area contributed by atoms with Gasteiger partial charge in [0.2, 0.25) is 0 Å². The molecule has 0 N–H and O–H groups in total. The fraction of sp³-hybridized carbons (Fsp3) is 0.100. The molecular formula is C60H45N. The van der Waals surface area contributed by atoms with E-state index in [0.717, 1.165) is 5.69 Å². The average Bonchev–Trinajstić information content (AvgIpc) is 3.77. The molecule has 10 aromatic carbocycles. The molecule has 0 unspecified atom stereocenters. The Kier molecular flexibility index (Phi) is 7.69. The molecule has 0 saturated carbocycles. The minimum Gasteiger partial charge on any atom is -0.310 e. The lowest BCUT2D eigenvalue weighted by atomic mass is 9.70. The minimum absolute atomic E-state index is 0.103. The van der Waals surface area contributed by atoms with E-state index in [-0.39, 0.29) is 5.41 Å². The number of benzene rings is 10. The van der Waals surface area contributed by atoms with E-state index in [1.165, 1.54) is 110 Å². The van der Waals surface area contributed by atoms with Gasteiger partial charge in [0.05, 0.1) is 11.1 Å². The van der Waals surface area contributed by atoms with Gasteiger partial charge in [-0.25, -0.2) is 0 Å². The lowest BCUT2D eigenvalue weighted by molar-refractivity contribution is 0.590. The monoisotopic (exact) mass is 779 g/mol. The van der Waals surface area contributed by atoms with Crippen molar-refractivity contribution in [3.05, 3.63) is 234 Å². The molecular weight excluding hydrogens is 735 g/mol. The Labute approximate surface area is 358 Å². The highest BCUT2D eigenvalue weighted by Crippen LogP contribution is 2.64. The fourth-order valence-corrected chi connectivity index (χ4v) is 11.0. The summed E-state index contributed by atoms with van der Waals surface area (Å²) in [6.07, 6.45) is 0. The van der Waals surface area contributed by atoms with Gasteiger partial charge in [-0.3, -0.25) is 0 Å². The minimum atomic E-state index is -0.433. The maximum absolute atomic E-state index is 2.55. The summed E-state index contributed by atoms with van der Waals surface area (Å²) in [5.41, 5.74) is 18.8. The fourth-order valence-electron chi connectivity index (χ4n) is 11.0. The van der Waals surface area contributed by atoms with Gasteiger partial charge in [-0.1, -0.05) is 191 Å². The van der Waals surface area contributed by atoms with Crippen LogP contribution < -0.4 is 4.90 Å². The van der Waals surface area contributed by atoms with Gasteiger partial charge in [0, 0.05) is 16.9 Å². The molecule has 12 rings (SSSR count). The number of rotatable bonds is 4. The Hall–Kier alpha value is -7.22. The van der Waals surface area contributed by atoms with Crippen molar-refractivity contribution < 1.29 is 0 Å². The Balaban J connectivity index is 1.14. The van der Waals surface area contributed by atoms with Crippen LogP contribution in [0.4, 0.5) is 17.1 Å². The van der Waals surface area contributed by atoms with Crippen molar-refractivity contribution in [2.45, 2.75) is 38.5 Å². The molecule has 61 heavy (non-hydrogen) atoms. The zero-order chi connectivity index (χ0) is 41.0. The summed E-state index contributed by atoms with van der Waals surface area (Å²) in [4.78, 5) is 2.55. The van der Waals surface area contributed by atoms with Gasteiger partial charge in [0.1, 0.15) is 0 Å². The molecule has 1 heteroatoms. The number of hydrogen-bond acceptors (Lipinski definition) is 1. The van der Waals surface area contributed by atoms with Crippen LogP contribution in [0.1, 0.15) is 54.2 Å². The molecule has 1 nitrogen and oxygen atoms in total. The summed E-state index contributed by atoms with van der Waals surface area (Å²) in [5, 5.41) is 7.64. The highest BCUT2D eigenvalue weighted by atomic mass is 15.1. The molecule has 0 aliphatic heterocycles. The van der Waals surface area contributed by atoms with Crippen molar-refractivity contribution in [2.24, 2.45) is 0 Å². The highest BCUT2D eigenvalue weighted by Gasteiger charge is 2.52. The maximum atomic E-state index is 2.55. The summed E-state index contributed by atoms with van der Waals surface area (Å²) >= 11 is 0. The van der Waals surface area contributed by atoms with Crippen molar-refractivity contribution in [1.29, 1.82) is 0 Å². The van der Waals surface area contributed by atoms with Crippen molar-refractivity contribution in [2.75, 3.05) is 4.90 Å². The summed E-state index contributed by atoms with van der Waals surface area (Å²) in [6, 6.07) is 75.4. The Morgan fingerprint density at radius 1 is 0.377 bits per heavy atom. The molecule has 0 bridgehead atoms. The Bertz CT molecular complexity index is 3330. The molecule has 0 amide bonds. The van der Waals surface area contributed by atoms with E-state index in [2.05, 4.69) is 233 Å². The SMILES string of the molecule is Cc1cc(-c2ccc(C(C)(C)C)cc2)ccc1N(c1ccc2c3ccccc3c3ccccc3c2c1)c1cccc2c1-c1ccccc1C21c2ccccc2-c2ccccc21. The number of hydrogen-bond donors (Lipinski definition) is 0. The van der Waals surface area contributed by atoms with E-state index in [1.807, 2.05) is 0 Å². The van der Waals surface area contributed by atoms with Crippen molar-refractivity contribution in [1.82, 2.24) is 0 Å². The first-order valence-electron chi connectivity index (χ1n) is 21.6. The van der Waals surface area contributed by atoms with Crippen molar-refractivity contribution >= 4 is 49.4 Å². The second-order valence-electron chi connectivity index (χ2n) is 18.1. The average molecular weight is 780 g/mol. The van der Waals surface area contributed by atoms with Crippen LogP contribution in [-0.4, -0.2) is 0 Å². The predicted octanol–water partition coefficient (Wildman–Crippen LogP) is 16.2. The van der Waals surface area contributed by atoms with Crippen molar-refractivity contribution in [3.8, 4) is 33.4 Å². The topological polar surface area (TPSA) is 3.24 Å². The van der Waals surface area contributed by atoms with E-state index < -0.39 is 5.41 Å². The van der Waals surface area contributed by atoms with Crippen LogP contribution in [-0.2, 0) is 10.8 Å². The number of fused-ring (bicyclic) bond motifs is 16. The second kappa shape index (κ2) is 13.1. The van der Waals surface area contributed by atoms with Gasteiger partial charge in [-0.2, -0.15) is 0 Å². The summed E-state index contributed by atoms with van der Waals surface area (Å²) < 4.78 is 0.